The lowest BCUT2D eigenvalue weighted by Gasteiger charge is -2.42. The number of methoxy groups -OCH3 is 2. The summed E-state index contributed by atoms with van der Waals surface area (Å²) >= 11 is 0. The highest BCUT2D eigenvalue weighted by Crippen LogP contribution is 2.42. The maximum Gasteiger partial charge on any atom is 0.329 e. The minimum Gasteiger partial charge on any atom is -0.459 e. The number of piperidine rings is 1. The first-order valence-electron chi connectivity index (χ1n) is 46.5. The number of aliphatic hydroxyl groups excluding tert-OH is 2. The van der Waals surface area contributed by atoms with E-state index in [1.54, 1.807) is 75.2 Å². The number of rotatable bonds is 31. The second-order valence-electron chi connectivity index (χ2n) is 35.8. The molecule has 3 saturated heterocycles. The smallest absolute Gasteiger partial charge is 0.329 e. The predicted molar refractivity (Wildman–Crippen MR) is 496 cm³/mol. The number of aliphatic hydroxyl groups is 3. The maximum absolute atomic E-state index is 14.9. The number of nitrogens with two attached hydrogens (primary N) is 3. The summed E-state index contributed by atoms with van der Waals surface area (Å²) < 4.78 is 81.3. The quantitative estimate of drug-likeness (QED) is 0.00973. The standard InChI is InChI=1S/C94H128N20O19S/c1-58-17-10-9-11-18-59(2)78(126-7)51-70-25-22-63(6)94(123,133-70)87(120)90(121)112-31-14-12-21-74(112)91(122)131-79(52-76(115)60(3)46-62(5)85(118)86(119)84(117)61(4)45-58)71(95)47-64-23-26-73(80(48-64)127-8)114-75(55-103-107-114)66-20-16-19-65(49-66)68-53-99-93(100-54-68)109-33-35-111(36-34-109)134(124,125)44-29-69-56-110(108-105-69)37-39-129-41-43-130-42-40-128-38-28-81(116)98-30-13-15-32-113-89-82(88(96)101-57-102-89)83(106-113)67-24-27-77-72(50-67)104-92(97)132-77/h9-11,16-20,24,27,46,49-50,53-58,60-61,63-64,70-71,73-74,78-80,85-86,118-119,123H,12-15,21-23,25-26,28-45,47-48,51-52,95H2,1-8H3,(H2,97,104)(H,98,116)(H2,96,101,102)/b11-9?,17-10-,59-18?,62-46-/t58-,60-,61-,63+,64+,70-,71+,73+,74+,78-,79?,80-,85+,86+,94+/m1/s1. The molecule has 134 heavy (non-hydrogen) atoms. The number of nitrogens with one attached hydrogen (secondary N) is 1. The first kappa shape index (κ1) is 101. The van der Waals surface area contributed by atoms with Gasteiger partial charge in [-0.3, -0.25) is 24.0 Å². The van der Waals surface area contributed by atoms with Crippen LogP contribution >= 0.6 is 0 Å². The Hall–Kier alpha value is -10.9. The second-order valence-corrected chi connectivity index (χ2v) is 37.9. The van der Waals surface area contributed by atoms with Crippen molar-refractivity contribution in [1.82, 2.24) is 79.2 Å². The zero-order valence-corrected chi connectivity index (χ0v) is 78.4. The summed E-state index contributed by atoms with van der Waals surface area (Å²) in [6.45, 7) is 14.9. The molecule has 6 aromatic heterocycles. The molecule has 0 radical (unpaired) electrons. The Morgan fingerprint density at radius 1 is 0.761 bits per heavy atom. The number of aromatic nitrogens is 13. The summed E-state index contributed by atoms with van der Waals surface area (Å²) in [6.07, 6.45) is 18.7. The van der Waals surface area contributed by atoms with E-state index in [1.165, 1.54) is 23.6 Å². The fourth-order valence-corrected chi connectivity index (χ4v) is 19.7. The number of fused-ring (bicyclic) bond motifs is 5. The Morgan fingerprint density at radius 3 is 2.29 bits per heavy atom. The van der Waals surface area contributed by atoms with E-state index >= 15 is 0 Å². The molecule has 2 amide bonds. The summed E-state index contributed by atoms with van der Waals surface area (Å²) in [6, 6.07) is 10.9. The number of carbonyl (C=O) groups is 6. The molecule has 2 aromatic carbocycles. The molecule has 4 aliphatic heterocycles. The van der Waals surface area contributed by atoms with E-state index in [-0.39, 0.29) is 99.5 Å². The number of piperazine rings is 1. The number of allylic oxidation sites excluding steroid dienone is 6. The first-order chi connectivity index (χ1) is 64.5. The number of benzene rings is 2. The molecule has 10 heterocycles. The van der Waals surface area contributed by atoms with Gasteiger partial charge in [0.1, 0.15) is 53.5 Å². The monoisotopic (exact) mass is 1870 g/mol. The van der Waals surface area contributed by atoms with Crippen molar-refractivity contribution in [2.75, 3.05) is 115 Å². The third-order valence-electron chi connectivity index (χ3n) is 26.2. The lowest BCUT2D eigenvalue weighted by Crippen LogP contribution is -2.61. The number of oxazole rings is 1. The van der Waals surface area contributed by atoms with Gasteiger partial charge < -0.3 is 85.2 Å². The highest BCUT2D eigenvalue weighted by Gasteiger charge is 2.53. The van der Waals surface area contributed by atoms with Crippen molar-refractivity contribution in [3.63, 3.8) is 0 Å². The van der Waals surface area contributed by atoms with Crippen molar-refractivity contribution < 1.29 is 90.1 Å². The van der Waals surface area contributed by atoms with Gasteiger partial charge in [-0.1, -0.05) is 92.8 Å². The van der Waals surface area contributed by atoms with Gasteiger partial charge in [-0.2, -0.15) is 14.4 Å². The number of nitrogens with zero attached hydrogens (tertiary/aromatic N) is 16. The average molecular weight is 1870 g/mol. The van der Waals surface area contributed by atoms with Crippen molar-refractivity contribution in [1.29, 1.82) is 0 Å². The molecule has 15 atom stereocenters. The number of anilines is 3. The largest absolute Gasteiger partial charge is 0.459 e. The molecule has 13 rings (SSSR count). The van der Waals surface area contributed by atoms with Gasteiger partial charge in [0.2, 0.25) is 27.7 Å². The summed E-state index contributed by atoms with van der Waals surface area (Å²) in [5.41, 5.74) is 27.0. The van der Waals surface area contributed by atoms with Crippen molar-refractivity contribution in [3.8, 4) is 33.6 Å². The highest BCUT2D eigenvalue weighted by atomic mass is 32.2. The number of aryl methyl sites for hydroxylation is 2. The number of unbranched alkanes of at least 4 members (excludes halogenated alkanes) is 1. The van der Waals surface area contributed by atoms with E-state index in [9.17, 15) is 52.5 Å². The lowest BCUT2D eigenvalue weighted by atomic mass is 9.79. The van der Waals surface area contributed by atoms with Gasteiger partial charge in [0.25, 0.3) is 17.7 Å². The first-order valence-corrected chi connectivity index (χ1v) is 48.1. The fraction of sp³-hybridized carbons (Fsp3) is 0.574. The van der Waals surface area contributed by atoms with Crippen LogP contribution in [0.25, 0.3) is 55.8 Å². The number of carbonyl (C=O) groups excluding carboxylic acids is 6. The molecule has 1 aliphatic carbocycles. The molecular weight excluding hydrogens is 1750 g/mol. The summed E-state index contributed by atoms with van der Waals surface area (Å²) in [4.78, 5) is 110. The van der Waals surface area contributed by atoms with Gasteiger partial charge in [0.15, 0.2) is 17.0 Å². The van der Waals surface area contributed by atoms with E-state index in [2.05, 4.69) is 40.9 Å². The number of nitrogen functional groups attached to an aromatic ring is 2. The Morgan fingerprint density at radius 2 is 1.52 bits per heavy atom. The van der Waals surface area contributed by atoms with Gasteiger partial charge in [-0.05, 0) is 144 Å². The van der Waals surface area contributed by atoms with Gasteiger partial charge in [0, 0.05) is 145 Å². The summed E-state index contributed by atoms with van der Waals surface area (Å²) in [7, 11) is -0.475. The summed E-state index contributed by atoms with van der Waals surface area (Å²) in [5, 5.41) is 60.7. The average Bonchev–Trinajstić information content (AvgIpc) is 1.66. The Bertz CT molecular complexity index is 5580. The number of hydrogen-bond acceptors (Lipinski definition) is 33. The van der Waals surface area contributed by atoms with Gasteiger partial charge in [0.05, 0.1) is 99.3 Å². The molecule has 1 saturated carbocycles. The fourth-order valence-electron chi connectivity index (χ4n) is 18.3. The maximum atomic E-state index is 14.9. The highest BCUT2D eigenvalue weighted by molar-refractivity contribution is 7.89. The van der Waals surface area contributed by atoms with Crippen molar-refractivity contribution >= 4 is 85.1 Å². The zero-order valence-electron chi connectivity index (χ0n) is 77.6. The Labute approximate surface area is 779 Å². The predicted octanol–water partition coefficient (Wildman–Crippen LogP) is 7.25. The van der Waals surface area contributed by atoms with Crippen LogP contribution in [0, 0.1) is 29.6 Å². The molecule has 4 fully saturated rings. The van der Waals surface area contributed by atoms with Crippen LogP contribution < -0.4 is 27.4 Å². The molecule has 39 nitrogen and oxygen atoms in total. The van der Waals surface area contributed by atoms with Crippen LogP contribution in [0.15, 0.2) is 126 Å². The van der Waals surface area contributed by atoms with Crippen LogP contribution in [-0.2, 0) is 91.5 Å². The van der Waals surface area contributed by atoms with Crippen LogP contribution in [-0.4, -0.2) is 286 Å². The minimum absolute atomic E-state index is 0.00150. The Balaban J connectivity index is 0.541. The third kappa shape index (κ3) is 25.6. The third-order valence-corrected chi connectivity index (χ3v) is 28.0. The number of Topliss-reactive ketones (excluding diaryl/α,β-unsaturated/α-hetero) is 3. The number of hydrogen-bond donors (Lipinski definition) is 7. The van der Waals surface area contributed by atoms with Crippen LogP contribution in [0.5, 0.6) is 0 Å². The molecule has 5 aliphatic rings. The van der Waals surface area contributed by atoms with Gasteiger partial charge in [-0.15, -0.1) is 10.2 Å². The molecule has 2 bridgehead atoms. The van der Waals surface area contributed by atoms with Gasteiger partial charge in [-0.25, -0.2) is 47.2 Å². The van der Waals surface area contributed by atoms with E-state index in [4.69, 9.17) is 69.8 Å². The lowest BCUT2D eigenvalue weighted by molar-refractivity contribution is -0.265. The minimum atomic E-state index is -3.65. The van der Waals surface area contributed by atoms with Crippen LogP contribution in [0.1, 0.15) is 150 Å². The molecule has 0 spiro atoms. The normalized spacial score (nSPS) is 26.1. The molecule has 1 unspecified atom stereocenters. The van der Waals surface area contributed by atoms with Crippen molar-refractivity contribution in [3.05, 3.63) is 127 Å². The molecule has 10 N–H and O–H groups in total. The number of esters is 1. The molecule has 40 heteroatoms. The molecule has 8 aromatic rings. The number of sulfonamides is 1. The number of cyclic esters (lactones) is 1. The second kappa shape index (κ2) is 47.0. The number of amides is 2. The van der Waals surface area contributed by atoms with E-state index in [0.717, 1.165) is 44.8 Å². The van der Waals surface area contributed by atoms with E-state index < -0.39 is 118 Å². The summed E-state index contributed by atoms with van der Waals surface area (Å²) in [5.74, 6) is -8.74. The Kier molecular flexibility index (Phi) is 35.3. The van der Waals surface area contributed by atoms with E-state index in [1.807, 2.05) is 90.2 Å². The van der Waals surface area contributed by atoms with Crippen LogP contribution in [0.3, 0.4) is 0 Å². The zero-order chi connectivity index (χ0) is 95.3. The van der Waals surface area contributed by atoms with Crippen molar-refractivity contribution in [2.24, 2.45) is 35.3 Å². The molecular formula is C94H128N20O19S. The SMILES string of the molecule is CO[C@@H]1C[C@H]2CC[C@H](C)[C@](O)(O2)C(=O)C(=O)N2CCCC[C@H]2C(=O)OC([C@@H](N)C[C@@H]2CC[C@H](n3nncc3-c3cccc(-c4cnc(N5CCN(S(=O)(=O)CCc6cn(CCOCCOCCOCCC(=O)NCCCCn7nc(-c8ccc9oc(N)nc9c8)c8c(N)ncnc87)nn6)CC5)nc4)c3)[C@H](OC)C2)CC(=O)[C@H](C)/C=C(/C)[C@H](O)[C@@H](O)C(=O)[C@H](C)C[C@H](C)/C=C\C=CC=C1C. The molecule has 724 valence electrons. The topological polar surface area (TPSA) is 518 Å². The number of ketones is 3. The van der Waals surface area contributed by atoms with Crippen LogP contribution in [0.2, 0.25) is 0 Å². The van der Waals surface area contributed by atoms with E-state index in [0.29, 0.717) is 169 Å². The van der Waals surface area contributed by atoms with Crippen molar-refractivity contribution in [2.45, 2.75) is 218 Å². The van der Waals surface area contributed by atoms with Gasteiger partial charge >= 0.3 is 5.97 Å². The number of ether oxygens (including phenoxy) is 7. The van der Waals surface area contributed by atoms with Crippen LogP contribution in [0.4, 0.5) is 17.8 Å².